The SMILES string of the molecule is c1ccc2oc(-c3cccc4oc5cc(N(c6ccc7c(c6)oc6ccccc67)c6ccc7oc8ccccc8c7c6)ccc5c34)nc2c1. The molecule has 11 aromatic rings. The number of anilines is 3. The quantitative estimate of drug-likeness (QED) is 0.192. The van der Waals surface area contributed by atoms with Gasteiger partial charge in [-0.2, -0.15) is 0 Å². The van der Waals surface area contributed by atoms with Crippen molar-refractivity contribution in [2.75, 3.05) is 4.90 Å². The zero-order chi connectivity index (χ0) is 32.1. The van der Waals surface area contributed by atoms with Crippen LogP contribution < -0.4 is 4.90 Å². The van der Waals surface area contributed by atoms with Crippen LogP contribution in [0.15, 0.2) is 163 Å². The zero-order valence-corrected chi connectivity index (χ0v) is 25.9. The first kappa shape index (κ1) is 26.3. The highest BCUT2D eigenvalue weighted by Crippen LogP contribution is 2.44. The molecule has 0 aliphatic heterocycles. The van der Waals surface area contributed by atoms with E-state index in [4.69, 9.17) is 22.7 Å². The molecule has 0 bridgehead atoms. The normalized spacial score (nSPS) is 12.1. The number of para-hydroxylation sites is 4. The van der Waals surface area contributed by atoms with Crippen molar-refractivity contribution in [1.82, 2.24) is 4.98 Å². The van der Waals surface area contributed by atoms with Crippen LogP contribution in [-0.4, -0.2) is 4.98 Å². The number of rotatable bonds is 4. The lowest BCUT2D eigenvalue weighted by Crippen LogP contribution is -2.09. The molecule has 7 aromatic carbocycles. The summed E-state index contributed by atoms with van der Waals surface area (Å²) < 4.78 is 25.3. The summed E-state index contributed by atoms with van der Waals surface area (Å²) in [4.78, 5) is 7.03. The summed E-state index contributed by atoms with van der Waals surface area (Å²) in [6.07, 6.45) is 0. The van der Waals surface area contributed by atoms with E-state index in [0.717, 1.165) is 99.5 Å². The Labute approximate surface area is 278 Å². The van der Waals surface area contributed by atoms with Crippen LogP contribution >= 0.6 is 0 Å². The summed E-state index contributed by atoms with van der Waals surface area (Å²) in [7, 11) is 0. The minimum atomic E-state index is 0.569. The molecular weight excluding hydrogens is 608 g/mol. The lowest BCUT2D eigenvalue weighted by atomic mass is 10.0. The molecule has 4 heterocycles. The number of oxazole rings is 1. The third-order valence-corrected chi connectivity index (χ3v) is 9.50. The molecule has 0 N–H and O–H groups in total. The number of hydrogen-bond donors (Lipinski definition) is 0. The molecule has 0 radical (unpaired) electrons. The predicted molar refractivity (Wildman–Crippen MR) is 196 cm³/mol. The average molecular weight is 633 g/mol. The van der Waals surface area contributed by atoms with E-state index in [0.29, 0.717) is 5.89 Å². The molecule has 0 aliphatic rings. The van der Waals surface area contributed by atoms with E-state index in [9.17, 15) is 0 Å². The van der Waals surface area contributed by atoms with Crippen molar-refractivity contribution in [3.8, 4) is 11.5 Å². The van der Waals surface area contributed by atoms with Crippen molar-refractivity contribution in [3.63, 3.8) is 0 Å². The highest BCUT2D eigenvalue weighted by atomic mass is 16.4. The van der Waals surface area contributed by atoms with E-state index in [1.807, 2.05) is 84.9 Å². The topological polar surface area (TPSA) is 68.7 Å². The molecule has 0 aliphatic carbocycles. The maximum atomic E-state index is 6.55. The number of fused-ring (bicyclic) bond motifs is 10. The van der Waals surface area contributed by atoms with Crippen LogP contribution in [0.4, 0.5) is 17.1 Å². The summed E-state index contributed by atoms with van der Waals surface area (Å²) in [6, 6.07) is 49.2. The van der Waals surface area contributed by atoms with Gasteiger partial charge >= 0.3 is 0 Å². The second-order valence-corrected chi connectivity index (χ2v) is 12.3. The molecule has 0 atom stereocenters. The van der Waals surface area contributed by atoms with E-state index in [-0.39, 0.29) is 0 Å². The highest BCUT2D eigenvalue weighted by Gasteiger charge is 2.21. The van der Waals surface area contributed by atoms with Gasteiger partial charge in [-0.15, -0.1) is 0 Å². The van der Waals surface area contributed by atoms with Crippen LogP contribution in [0.5, 0.6) is 0 Å². The van der Waals surface area contributed by atoms with Gasteiger partial charge in [0.2, 0.25) is 5.89 Å². The first-order chi connectivity index (χ1) is 24.2. The molecule has 0 fully saturated rings. The van der Waals surface area contributed by atoms with Gasteiger partial charge in [-0.1, -0.05) is 54.6 Å². The van der Waals surface area contributed by atoms with Gasteiger partial charge in [0.15, 0.2) is 5.58 Å². The van der Waals surface area contributed by atoms with Crippen LogP contribution in [-0.2, 0) is 0 Å². The van der Waals surface area contributed by atoms with E-state index >= 15 is 0 Å². The summed E-state index contributed by atoms with van der Waals surface area (Å²) in [6.45, 7) is 0. The number of nitrogens with zero attached hydrogens (tertiary/aromatic N) is 2. The summed E-state index contributed by atoms with van der Waals surface area (Å²) in [5.41, 5.74) is 10.3. The Morgan fingerprint density at radius 2 is 0.918 bits per heavy atom. The van der Waals surface area contributed by atoms with E-state index in [2.05, 4.69) is 65.6 Å². The van der Waals surface area contributed by atoms with Crippen molar-refractivity contribution in [2.45, 2.75) is 0 Å². The molecule has 49 heavy (non-hydrogen) atoms. The predicted octanol–water partition coefficient (Wildman–Crippen LogP) is 12.7. The molecule has 0 saturated carbocycles. The first-order valence-electron chi connectivity index (χ1n) is 16.2. The minimum Gasteiger partial charge on any atom is -0.456 e. The molecule has 230 valence electrons. The summed E-state index contributed by atoms with van der Waals surface area (Å²) >= 11 is 0. The second kappa shape index (κ2) is 9.86. The largest absolute Gasteiger partial charge is 0.456 e. The summed E-state index contributed by atoms with van der Waals surface area (Å²) in [5, 5.41) is 6.26. The fourth-order valence-corrected chi connectivity index (χ4v) is 7.27. The number of aromatic nitrogens is 1. The number of benzene rings is 7. The Bertz CT molecular complexity index is 3050. The average Bonchev–Trinajstić information content (AvgIpc) is 3.92. The molecule has 0 unspecified atom stereocenters. The standard InChI is InChI=1S/C43H24N2O4/c1-4-12-35-28(8-1)30-19-16-26(23-40(30)47-35)45(25-18-21-37-33(22-25)29-9-2-5-13-36(29)46-37)27-17-20-31-41(24-27)48-39-15-7-10-32(42(31)39)43-44-34-11-3-6-14-38(34)49-43/h1-24H. The Balaban J connectivity index is 1.12. The van der Waals surface area contributed by atoms with Crippen molar-refractivity contribution < 1.29 is 17.7 Å². The summed E-state index contributed by atoms with van der Waals surface area (Å²) in [5.74, 6) is 0.569. The first-order valence-corrected chi connectivity index (χ1v) is 16.2. The Morgan fingerprint density at radius 1 is 0.367 bits per heavy atom. The third-order valence-electron chi connectivity index (χ3n) is 9.50. The van der Waals surface area contributed by atoms with E-state index in [1.54, 1.807) is 0 Å². The van der Waals surface area contributed by atoms with Gasteiger partial charge in [0, 0.05) is 67.1 Å². The second-order valence-electron chi connectivity index (χ2n) is 12.3. The van der Waals surface area contributed by atoms with E-state index < -0.39 is 0 Å². The molecule has 0 amide bonds. The molecule has 6 nitrogen and oxygen atoms in total. The van der Waals surface area contributed by atoms with Gasteiger partial charge in [-0.25, -0.2) is 4.98 Å². The van der Waals surface area contributed by atoms with Crippen molar-refractivity contribution in [1.29, 1.82) is 0 Å². The van der Waals surface area contributed by atoms with Crippen molar-refractivity contribution >= 4 is 94.0 Å². The number of furan rings is 3. The maximum absolute atomic E-state index is 6.55. The van der Waals surface area contributed by atoms with Crippen LogP contribution in [0.3, 0.4) is 0 Å². The van der Waals surface area contributed by atoms with E-state index in [1.165, 1.54) is 0 Å². The molecular formula is C43H24N2O4. The van der Waals surface area contributed by atoms with Gasteiger partial charge in [-0.3, -0.25) is 0 Å². The van der Waals surface area contributed by atoms with Gasteiger partial charge in [0.1, 0.15) is 39.0 Å². The molecule has 0 saturated heterocycles. The lowest BCUT2D eigenvalue weighted by molar-refractivity contribution is 0.620. The van der Waals surface area contributed by atoms with Gasteiger partial charge in [-0.05, 0) is 78.9 Å². The fraction of sp³-hybridized carbons (Fsp3) is 0. The zero-order valence-electron chi connectivity index (χ0n) is 25.9. The van der Waals surface area contributed by atoms with Crippen molar-refractivity contribution in [2.24, 2.45) is 0 Å². The van der Waals surface area contributed by atoms with Crippen LogP contribution in [0.25, 0.3) is 88.4 Å². The van der Waals surface area contributed by atoms with Crippen LogP contribution in [0.2, 0.25) is 0 Å². The minimum absolute atomic E-state index is 0.569. The molecule has 4 aromatic heterocycles. The molecule has 11 rings (SSSR count). The van der Waals surface area contributed by atoms with Gasteiger partial charge in [0.25, 0.3) is 0 Å². The highest BCUT2D eigenvalue weighted by molar-refractivity contribution is 6.13. The van der Waals surface area contributed by atoms with Crippen molar-refractivity contribution in [3.05, 3.63) is 146 Å². The van der Waals surface area contributed by atoms with Crippen LogP contribution in [0.1, 0.15) is 0 Å². The molecule has 0 spiro atoms. The lowest BCUT2D eigenvalue weighted by Gasteiger charge is -2.25. The van der Waals surface area contributed by atoms with Crippen LogP contribution in [0, 0.1) is 0 Å². The third kappa shape index (κ3) is 3.92. The Kier molecular flexibility index (Phi) is 5.29. The Hall–Kier alpha value is -6.79. The van der Waals surface area contributed by atoms with Gasteiger partial charge in [0.05, 0.1) is 0 Å². The maximum Gasteiger partial charge on any atom is 0.228 e. The fourth-order valence-electron chi connectivity index (χ4n) is 7.27. The van der Waals surface area contributed by atoms with Gasteiger partial charge < -0.3 is 22.6 Å². The monoisotopic (exact) mass is 632 g/mol. The number of hydrogen-bond acceptors (Lipinski definition) is 6. The molecule has 6 heteroatoms. The Morgan fingerprint density at radius 3 is 1.71 bits per heavy atom. The smallest absolute Gasteiger partial charge is 0.228 e.